The smallest absolute Gasteiger partial charge is 0.408 e. The van der Waals surface area contributed by atoms with Gasteiger partial charge in [-0.25, -0.2) is 14.0 Å². The number of amides is 2. The Morgan fingerprint density at radius 1 is 0.971 bits per heavy atom. The van der Waals surface area contributed by atoms with Crippen molar-refractivity contribution in [3.63, 3.8) is 0 Å². The molecule has 3 N–H and O–H groups in total. The third-order valence-corrected chi connectivity index (χ3v) is 5.73. The summed E-state index contributed by atoms with van der Waals surface area (Å²) in [4.78, 5) is 36.4. The molecule has 0 bridgehead atoms. The van der Waals surface area contributed by atoms with Gasteiger partial charge < -0.3 is 20.5 Å². The monoisotopic (exact) mass is 462 g/mol. The Morgan fingerprint density at radius 2 is 1.56 bits per heavy atom. The van der Waals surface area contributed by atoms with E-state index in [0.29, 0.717) is 0 Å². The first-order valence-electron chi connectivity index (χ1n) is 10.6. The summed E-state index contributed by atoms with van der Waals surface area (Å²) in [6.45, 7) is 3.01. The molecule has 1 aliphatic carbocycles. The number of nitrogens with one attached hydrogen (secondary N) is 2. The van der Waals surface area contributed by atoms with Crippen molar-refractivity contribution in [1.82, 2.24) is 5.32 Å². The molecule has 0 atom stereocenters. The summed E-state index contributed by atoms with van der Waals surface area (Å²) in [6, 6.07) is 18.8. The highest BCUT2D eigenvalue weighted by atomic mass is 19.1. The number of carbonyl (C=O) groups excluding carboxylic acids is 2. The molecule has 0 heterocycles. The summed E-state index contributed by atoms with van der Waals surface area (Å²) < 4.78 is 19.2. The first-order valence-corrected chi connectivity index (χ1v) is 10.6. The molecular formula is C26H23FN2O5. The zero-order valence-electron chi connectivity index (χ0n) is 18.6. The Kier molecular flexibility index (Phi) is 6.06. The van der Waals surface area contributed by atoms with Crippen LogP contribution in [0.4, 0.5) is 14.9 Å². The fourth-order valence-electron chi connectivity index (χ4n) is 4.02. The highest BCUT2D eigenvalue weighted by Crippen LogP contribution is 2.44. The molecular weight excluding hydrogens is 439 g/mol. The zero-order chi connectivity index (χ0) is 24.5. The van der Waals surface area contributed by atoms with Gasteiger partial charge in [0.25, 0.3) is 0 Å². The summed E-state index contributed by atoms with van der Waals surface area (Å²) in [5.74, 6) is -2.93. The van der Waals surface area contributed by atoms with Crippen LogP contribution in [0, 0.1) is 5.82 Å². The Labute approximate surface area is 195 Å². The summed E-state index contributed by atoms with van der Waals surface area (Å²) in [7, 11) is 0. The van der Waals surface area contributed by atoms with E-state index in [9.17, 15) is 18.8 Å². The van der Waals surface area contributed by atoms with E-state index in [2.05, 4.69) is 10.6 Å². The molecule has 0 radical (unpaired) electrons. The average Bonchev–Trinajstić information content (AvgIpc) is 3.10. The molecule has 8 heteroatoms. The molecule has 0 unspecified atom stereocenters. The van der Waals surface area contributed by atoms with Gasteiger partial charge in [-0.15, -0.1) is 0 Å². The highest BCUT2D eigenvalue weighted by Gasteiger charge is 2.32. The fourth-order valence-corrected chi connectivity index (χ4v) is 4.02. The topological polar surface area (TPSA) is 105 Å². The number of ether oxygens (including phenoxy) is 1. The molecule has 7 nitrogen and oxygen atoms in total. The van der Waals surface area contributed by atoms with Gasteiger partial charge >= 0.3 is 12.1 Å². The van der Waals surface area contributed by atoms with Gasteiger partial charge in [0.2, 0.25) is 5.91 Å². The van der Waals surface area contributed by atoms with Gasteiger partial charge in [-0.05, 0) is 54.3 Å². The molecule has 0 spiro atoms. The van der Waals surface area contributed by atoms with Gasteiger partial charge in [0, 0.05) is 11.6 Å². The van der Waals surface area contributed by atoms with Crippen LogP contribution in [0.15, 0.2) is 66.7 Å². The van der Waals surface area contributed by atoms with E-state index in [-0.39, 0.29) is 23.8 Å². The van der Waals surface area contributed by atoms with Crippen molar-refractivity contribution in [2.24, 2.45) is 0 Å². The van der Waals surface area contributed by atoms with Crippen molar-refractivity contribution >= 4 is 23.7 Å². The van der Waals surface area contributed by atoms with Crippen LogP contribution in [-0.4, -0.2) is 35.2 Å². The van der Waals surface area contributed by atoms with E-state index >= 15 is 0 Å². The van der Waals surface area contributed by atoms with Crippen molar-refractivity contribution in [2.75, 3.05) is 11.9 Å². The van der Waals surface area contributed by atoms with Gasteiger partial charge in [0.15, 0.2) is 0 Å². The molecule has 0 aromatic heterocycles. The van der Waals surface area contributed by atoms with Crippen molar-refractivity contribution in [3.8, 4) is 11.1 Å². The number of carboxylic acid groups (broad SMARTS) is 1. The third kappa shape index (κ3) is 4.61. The lowest BCUT2D eigenvalue weighted by atomic mass is 9.98. The molecule has 3 aromatic rings. The second-order valence-electron chi connectivity index (χ2n) is 8.56. The normalized spacial score (nSPS) is 12.4. The summed E-state index contributed by atoms with van der Waals surface area (Å²) >= 11 is 0. The maximum Gasteiger partial charge on any atom is 0.408 e. The van der Waals surface area contributed by atoms with Gasteiger partial charge in [0.05, 0.1) is 5.56 Å². The van der Waals surface area contributed by atoms with Crippen molar-refractivity contribution in [1.29, 1.82) is 0 Å². The number of hydrogen-bond donors (Lipinski definition) is 3. The SMILES string of the molecule is CC(C)(NC(=O)OCC1c2ccccc2-c2ccccc21)C(=O)Nc1cc(F)cc(C(=O)O)c1. The summed E-state index contributed by atoms with van der Waals surface area (Å²) in [5.41, 5.74) is 2.56. The quantitative estimate of drug-likeness (QED) is 0.489. The van der Waals surface area contributed by atoms with Crippen LogP contribution in [-0.2, 0) is 9.53 Å². The zero-order valence-corrected chi connectivity index (χ0v) is 18.6. The fraction of sp³-hybridized carbons (Fsp3) is 0.192. The third-order valence-electron chi connectivity index (χ3n) is 5.73. The predicted molar refractivity (Wildman–Crippen MR) is 124 cm³/mol. The van der Waals surface area contributed by atoms with Crippen LogP contribution < -0.4 is 10.6 Å². The molecule has 34 heavy (non-hydrogen) atoms. The number of rotatable bonds is 6. The Morgan fingerprint density at radius 3 is 2.15 bits per heavy atom. The number of benzene rings is 3. The standard InChI is InChI=1S/C26H23FN2O5/c1-26(2,24(32)28-17-12-15(23(30)31)11-16(27)13-17)29-25(33)34-14-22-20-9-5-3-7-18(20)19-8-4-6-10-21(19)22/h3-13,22H,14H2,1-2H3,(H,28,32)(H,29,33)(H,30,31). The number of anilines is 1. The van der Waals surface area contributed by atoms with Crippen LogP contribution in [0.25, 0.3) is 11.1 Å². The van der Waals surface area contributed by atoms with Crippen LogP contribution in [0.1, 0.15) is 41.3 Å². The molecule has 3 aromatic carbocycles. The Hall–Kier alpha value is -4.20. The molecule has 2 amide bonds. The van der Waals surface area contributed by atoms with Gasteiger partial charge in [-0.2, -0.15) is 0 Å². The lowest BCUT2D eigenvalue weighted by molar-refractivity contribution is -0.121. The highest BCUT2D eigenvalue weighted by molar-refractivity contribution is 6.00. The van der Waals surface area contributed by atoms with Crippen LogP contribution >= 0.6 is 0 Å². The minimum Gasteiger partial charge on any atom is -0.478 e. The second-order valence-corrected chi connectivity index (χ2v) is 8.56. The van der Waals surface area contributed by atoms with Crippen LogP contribution in [0.5, 0.6) is 0 Å². The van der Waals surface area contributed by atoms with Gasteiger partial charge in [-0.3, -0.25) is 4.79 Å². The number of carbonyl (C=O) groups is 3. The van der Waals surface area contributed by atoms with E-state index in [4.69, 9.17) is 9.84 Å². The van der Waals surface area contributed by atoms with E-state index in [1.54, 1.807) is 0 Å². The minimum atomic E-state index is -1.42. The van der Waals surface area contributed by atoms with Crippen molar-refractivity contribution in [3.05, 3.63) is 89.2 Å². The number of halogens is 1. The van der Waals surface area contributed by atoms with Crippen LogP contribution in [0.3, 0.4) is 0 Å². The average molecular weight is 462 g/mol. The molecule has 4 rings (SSSR count). The lowest BCUT2D eigenvalue weighted by Gasteiger charge is -2.25. The van der Waals surface area contributed by atoms with Crippen LogP contribution in [0.2, 0.25) is 0 Å². The van der Waals surface area contributed by atoms with Crippen molar-refractivity contribution < 1.29 is 28.6 Å². The molecule has 0 aliphatic heterocycles. The first kappa shape index (κ1) is 23.0. The first-order chi connectivity index (χ1) is 16.2. The van der Waals surface area contributed by atoms with Gasteiger partial charge in [-0.1, -0.05) is 48.5 Å². The Bertz CT molecular complexity index is 1240. The number of carboxylic acids is 1. The predicted octanol–water partition coefficient (Wildman–Crippen LogP) is 4.78. The maximum atomic E-state index is 13.7. The molecule has 174 valence electrons. The summed E-state index contributed by atoms with van der Waals surface area (Å²) in [6.07, 6.45) is -0.785. The van der Waals surface area contributed by atoms with E-state index in [1.807, 2.05) is 48.5 Å². The molecule has 1 aliphatic rings. The lowest BCUT2D eigenvalue weighted by Crippen LogP contribution is -2.52. The second kappa shape index (κ2) is 8.97. The maximum absolute atomic E-state index is 13.7. The Balaban J connectivity index is 1.41. The largest absolute Gasteiger partial charge is 0.478 e. The number of hydrogen-bond acceptors (Lipinski definition) is 4. The van der Waals surface area contributed by atoms with E-state index < -0.39 is 29.3 Å². The molecule has 0 saturated heterocycles. The van der Waals surface area contributed by atoms with Crippen molar-refractivity contribution in [2.45, 2.75) is 25.3 Å². The summed E-state index contributed by atoms with van der Waals surface area (Å²) in [5, 5.41) is 14.0. The van der Waals surface area contributed by atoms with E-state index in [1.165, 1.54) is 13.8 Å². The number of fused-ring (bicyclic) bond motifs is 3. The molecule has 0 saturated carbocycles. The molecule has 0 fully saturated rings. The number of aromatic carboxylic acids is 1. The number of alkyl carbamates (subject to hydrolysis) is 1. The van der Waals surface area contributed by atoms with Gasteiger partial charge in [0.1, 0.15) is 18.0 Å². The van der Waals surface area contributed by atoms with E-state index in [0.717, 1.165) is 40.5 Å². The minimum absolute atomic E-state index is 0.0372.